The molecule has 2 saturated carbocycles. The van der Waals surface area contributed by atoms with Gasteiger partial charge >= 0.3 is 12.3 Å². The van der Waals surface area contributed by atoms with Crippen LogP contribution >= 0.6 is 11.6 Å². The Bertz CT molecular complexity index is 2120. The summed E-state index contributed by atoms with van der Waals surface area (Å²) in [6.07, 6.45) is -2.07. The molecule has 1 aromatic heterocycles. The van der Waals surface area contributed by atoms with Crippen LogP contribution in [0.1, 0.15) is 72.6 Å². The Kier molecular flexibility index (Phi) is 11.7. The van der Waals surface area contributed by atoms with Crippen LogP contribution in [0.15, 0.2) is 36.5 Å². The number of fused-ring (bicyclic) bond motifs is 3. The molecule has 3 heterocycles. The van der Waals surface area contributed by atoms with Crippen LogP contribution in [0.2, 0.25) is 5.02 Å². The van der Waals surface area contributed by atoms with E-state index in [1.54, 1.807) is 37.3 Å². The lowest BCUT2D eigenvalue weighted by atomic mass is 9.88. The number of alkyl halides is 4. The number of hydrogen-bond donors (Lipinski definition) is 3. The topological polar surface area (TPSA) is 182 Å². The van der Waals surface area contributed by atoms with Crippen molar-refractivity contribution in [2.24, 2.45) is 17.8 Å². The third-order valence-electron chi connectivity index (χ3n) is 11.4. The Morgan fingerprint density at radius 1 is 1.10 bits per heavy atom. The van der Waals surface area contributed by atoms with Crippen LogP contribution in [0.3, 0.4) is 0 Å². The predicted molar refractivity (Wildman–Crippen MR) is 202 cm³/mol. The second-order valence-electron chi connectivity index (χ2n) is 16.2. The minimum absolute atomic E-state index is 0.0295. The van der Waals surface area contributed by atoms with Crippen LogP contribution in [-0.2, 0) is 29.1 Å². The summed E-state index contributed by atoms with van der Waals surface area (Å²) >= 11 is 6.43. The van der Waals surface area contributed by atoms with E-state index in [9.17, 15) is 45.2 Å². The predicted octanol–water partition coefficient (Wildman–Crippen LogP) is 5.47. The summed E-state index contributed by atoms with van der Waals surface area (Å²) in [4.78, 5) is 61.4. The quantitative estimate of drug-likeness (QED) is 0.227. The number of carbonyl (C=O) groups is 4. The molecule has 2 aromatic rings. The summed E-state index contributed by atoms with van der Waals surface area (Å²) in [5.74, 6) is -3.75. The second kappa shape index (κ2) is 15.7. The maximum absolute atomic E-state index is 14.8. The first-order chi connectivity index (χ1) is 27.0. The fraction of sp³-hybridized carbons (Fsp3) is 0.605. The molecule has 0 spiro atoms. The zero-order valence-electron chi connectivity index (χ0n) is 32.5. The van der Waals surface area contributed by atoms with Gasteiger partial charge in [-0.3, -0.25) is 14.4 Å². The number of ether oxygens (including phenoxy) is 3. The van der Waals surface area contributed by atoms with Gasteiger partial charge in [0, 0.05) is 36.0 Å². The van der Waals surface area contributed by atoms with E-state index in [1.165, 1.54) is 13.3 Å². The molecule has 58 heavy (non-hydrogen) atoms. The Morgan fingerprint density at radius 3 is 2.47 bits per heavy atom. The zero-order chi connectivity index (χ0) is 42.6. The molecule has 2 aliphatic heterocycles. The molecule has 4 aliphatic rings. The molecular formula is C38H46ClF4N5O9S. The monoisotopic (exact) mass is 859 g/mol. The van der Waals surface area contributed by atoms with E-state index in [0.29, 0.717) is 49.6 Å². The van der Waals surface area contributed by atoms with Gasteiger partial charge in [-0.15, -0.1) is 0 Å². The summed E-state index contributed by atoms with van der Waals surface area (Å²) < 4.78 is 99.7. The Labute approximate surface area is 337 Å². The maximum atomic E-state index is 14.8. The molecule has 7 atom stereocenters. The van der Waals surface area contributed by atoms with Crippen LogP contribution < -0.4 is 24.8 Å². The number of sulfonamides is 1. The van der Waals surface area contributed by atoms with E-state index in [2.05, 4.69) is 15.6 Å². The first kappa shape index (κ1) is 43.2. The number of benzene rings is 1. The average molecular weight is 860 g/mol. The smallest absolute Gasteiger partial charge is 0.427 e. The van der Waals surface area contributed by atoms with E-state index >= 15 is 0 Å². The molecular weight excluding hydrogens is 814 g/mol. The summed E-state index contributed by atoms with van der Waals surface area (Å²) in [6.45, 7) is 4.58. The highest BCUT2D eigenvalue weighted by Gasteiger charge is 2.64. The van der Waals surface area contributed by atoms with Gasteiger partial charge < -0.3 is 29.7 Å². The molecule has 4 amide bonds. The van der Waals surface area contributed by atoms with Crippen molar-refractivity contribution in [2.75, 3.05) is 13.7 Å². The first-order valence-electron chi connectivity index (χ1n) is 18.9. The van der Waals surface area contributed by atoms with E-state index in [-0.39, 0.29) is 49.0 Å². The van der Waals surface area contributed by atoms with Gasteiger partial charge in [0.2, 0.25) is 28.3 Å². The van der Waals surface area contributed by atoms with Gasteiger partial charge in [-0.2, -0.15) is 13.2 Å². The van der Waals surface area contributed by atoms with Gasteiger partial charge in [0.25, 0.3) is 15.9 Å². The summed E-state index contributed by atoms with van der Waals surface area (Å²) in [7, 11) is -3.27. The van der Waals surface area contributed by atoms with Crippen molar-refractivity contribution in [2.45, 2.75) is 113 Å². The van der Waals surface area contributed by atoms with Gasteiger partial charge in [0.05, 0.1) is 24.9 Å². The maximum Gasteiger partial charge on any atom is 0.427 e. The van der Waals surface area contributed by atoms with E-state index in [1.807, 2.05) is 11.6 Å². The number of allylic oxidation sites excluding steroid dienone is 1. The normalized spacial score (nSPS) is 29.4. The van der Waals surface area contributed by atoms with Gasteiger partial charge in [0.15, 0.2) is 0 Å². The number of nitrogens with one attached hydrogen (secondary N) is 3. The van der Waals surface area contributed by atoms with Crippen LogP contribution in [0, 0.1) is 17.8 Å². The lowest BCUT2D eigenvalue weighted by Crippen LogP contribution is -2.59. The third kappa shape index (κ3) is 8.65. The van der Waals surface area contributed by atoms with Crippen molar-refractivity contribution in [3.05, 3.63) is 41.6 Å². The number of pyridine rings is 1. The zero-order valence-corrected chi connectivity index (χ0v) is 34.0. The molecule has 14 nitrogen and oxygen atoms in total. The lowest BCUT2D eigenvalue weighted by molar-refractivity contribution is -0.244. The van der Waals surface area contributed by atoms with Crippen LogP contribution in [-0.4, -0.2) is 96.3 Å². The fourth-order valence-electron chi connectivity index (χ4n) is 7.47. The molecule has 1 aromatic carbocycles. The molecule has 6 rings (SSSR count). The van der Waals surface area contributed by atoms with Gasteiger partial charge in [0.1, 0.15) is 29.5 Å². The van der Waals surface area contributed by atoms with Crippen molar-refractivity contribution in [3.8, 4) is 11.6 Å². The number of carbonyl (C=O) groups excluding carboxylic acids is 4. The standard InChI is InChI=1S/C38H46ClF4N5O9S/c1-20-8-6-7-9-22-17-37(22,33(51)47-58(53,54)36(40)12-13-36)46-30(49)28-16-24(56-31-25-11-10-23(55-5)15-26(25)27(39)18-44-31)19-48(28)32(50)29(21(2)14-20)45-34(52)57-35(3,4)38(41,42)43/h7,9-11,15,18,20-22,24,28-29H,6,8,12-14,16-17,19H2,1-5H3,(H,45,52)(H,46,49)(H,47,51)/b9-7-/t20-,21-,22-,24-,28+,29+,37-/m1/s1. The van der Waals surface area contributed by atoms with E-state index in [4.69, 9.17) is 25.8 Å². The van der Waals surface area contributed by atoms with Crippen LogP contribution in [0.5, 0.6) is 11.6 Å². The van der Waals surface area contributed by atoms with Crippen molar-refractivity contribution < 1.29 is 59.4 Å². The number of nitrogens with zero attached hydrogens (tertiary/aromatic N) is 2. The van der Waals surface area contributed by atoms with Gasteiger partial charge in [-0.1, -0.05) is 37.6 Å². The number of hydrogen-bond acceptors (Lipinski definition) is 10. The van der Waals surface area contributed by atoms with Crippen molar-refractivity contribution in [1.82, 2.24) is 25.2 Å². The molecule has 3 N–H and O–H groups in total. The number of alkyl carbamates (subject to hydrolysis) is 1. The highest BCUT2D eigenvalue weighted by Crippen LogP contribution is 2.48. The molecule has 2 aliphatic carbocycles. The fourth-order valence-corrected chi connectivity index (χ4v) is 8.93. The molecule has 0 unspecified atom stereocenters. The van der Waals surface area contributed by atoms with Gasteiger partial charge in [-0.05, 0) is 69.6 Å². The third-order valence-corrected chi connectivity index (χ3v) is 13.5. The Morgan fingerprint density at radius 2 is 1.81 bits per heavy atom. The number of amides is 4. The summed E-state index contributed by atoms with van der Waals surface area (Å²) in [6, 6.07) is 2.07. The minimum Gasteiger partial charge on any atom is -0.497 e. The van der Waals surface area contributed by atoms with E-state index in [0.717, 1.165) is 4.90 Å². The molecule has 318 valence electrons. The number of methoxy groups -OCH3 is 1. The minimum atomic E-state index is -4.94. The highest BCUT2D eigenvalue weighted by molar-refractivity contribution is 7.91. The molecule has 0 radical (unpaired) electrons. The molecule has 1 saturated heterocycles. The molecule has 20 heteroatoms. The van der Waals surface area contributed by atoms with Crippen molar-refractivity contribution >= 4 is 56.2 Å². The Balaban J connectivity index is 1.36. The van der Waals surface area contributed by atoms with E-state index < -0.39 is 86.2 Å². The number of rotatable bonds is 8. The molecule has 0 bridgehead atoms. The highest BCUT2D eigenvalue weighted by atomic mass is 35.5. The number of halogens is 5. The Hall–Kier alpha value is -4.39. The SMILES string of the molecule is COc1ccc2c(O[C@@H]3C[C@H]4C(=O)N[C@]5(C(=O)NS(=O)(=O)C6(F)CC6)C[C@H]5/C=C\CC[C@@H](C)C[C@@H](C)[C@H](NC(=O)OC(C)(C)C(F)(F)F)C(=O)N4C3)ncc(Cl)c2c1. The van der Waals surface area contributed by atoms with Gasteiger partial charge in [-0.25, -0.2) is 27.3 Å². The van der Waals surface area contributed by atoms with Crippen LogP contribution in [0.25, 0.3) is 10.8 Å². The van der Waals surface area contributed by atoms with Crippen molar-refractivity contribution in [1.29, 1.82) is 0 Å². The van der Waals surface area contributed by atoms with Crippen molar-refractivity contribution in [3.63, 3.8) is 0 Å². The molecule has 3 fully saturated rings. The number of aromatic nitrogens is 1. The average Bonchev–Trinajstić information content (AvgIpc) is 4.02. The first-order valence-corrected chi connectivity index (χ1v) is 20.8. The summed E-state index contributed by atoms with van der Waals surface area (Å²) in [5.41, 5.74) is -4.74. The summed E-state index contributed by atoms with van der Waals surface area (Å²) in [5, 5.41) is 3.66. The van der Waals surface area contributed by atoms with Crippen LogP contribution in [0.4, 0.5) is 22.4 Å². The lowest BCUT2D eigenvalue weighted by Gasteiger charge is -2.34. The largest absolute Gasteiger partial charge is 0.497 e. The second-order valence-corrected chi connectivity index (χ2v) is 18.6.